The van der Waals surface area contributed by atoms with Crippen LogP contribution in [0.15, 0.2) is 59.7 Å². The molecule has 6 nitrogen and oxygen atoms in total. The lowest BCUT2D eigenvalue weighted by Crippen LogP contribution is -2.43. The van der Waals surface area contributed by atoms with Gasteiger partial charge in [0.15, 0.2) is 5.96 Å². The third kappa shape index (κ3) is 8.28. The second-order valence-corrected chi connectivity index (χ2v) is 5.79. The molecule has 0 fully saturated rings. The Bertz CT molecular complexity index is 677. The van der Waals surface area contributed by atoms with Crippen LogP contribution in [0.25, 0.3) is 0 Å². The van der Waals surface area contributed by atoms with E-state index in [1.165, 1.54) is 0 Å². The minimum absolute atomic E-state index is 0. The number of halogens is 1. The molecule has 1 amide bonds. The first-order valence-corrected chi connectivity index (χ1v) is 8.31. The molecule has 0 aliphatic carbocycles. The van der Waals surface area contributed by atoms with Gasteiger partial charge in [0.25, 0.3) is 0 Å². The SMILES string of the molecule is CN(C)C(=O)CNC(=NCc1ccccc1)NCCc1ccccn1.I. The normalized spacial score (nSPS) is 10.6. The zero-order valence-electron chi connectivity index (χ0n) is 15.2. The van der Waals surface area contributed by atoms with Crippen molar-refractivity contribution in [3.05, 3.63) is 66.0 Å². The summed E-state index contributed by atoms with van der Waals surface area (Å²) in [5.74, 6) is 0.619. The van der Waals surface area contributed by atoms with Crippen LogP contribution in [0.4, 0.5) is 0 Å². The van der Waals surface area contributed by atoms with Gasteiger partial charge in [-0.3, -0.25) is 9.78 Å². The number of hydrogen-bond donors (Lipinski definition) is 2. The Balaban J connectivity index is 0.00000338. The fourth-order valence-electron chi connectivity index (χ4n) is 2.10. The van der Waals surface area contributed by atoms with Crippen LogP contribution in [0.5, 0.6) is 0 Å². The molecule has 0 atom stereocenters. The van der Waals surface area contributed by atoms with Crippen LogP contribution in [0.1, 0.15) is 11.3 Å². The van der Waals surface area contributed by atoms with E-state index in [0.717, 1.165) is 17.7 Å². The molecule has 2 rings (SSSR count). The van der Waals surface area contributed by atoms with Crippen molar-refractivity contribution in [1.82, 2.24) is 20.5 Å². The standard InChI is InChI=1S/C19H25N5O.HI/c1-24(2)18(25)15-23-19(22-14-16-8-4-3-5-9-16)21-13-11-17-10-6-7-12-20-17;/h3-10,12H,11,13-15H2,1-2H3,(H2,21,22,23);1H. The summed E-state index contributed by atoms with van der Waals surface area (Å²) in [6.45, 7) is 1.45. The van der Waals surface area contributed by atoms with Crippen LogP contribution in [0.3, 0.4) is 0 Å². The lowest BCUT2D eigenvalue weighted by atomic mass is 10.2. The third-order valence-corrected chi connectivity index (χ3v) is 3.57. The Labute approximate surface area is 172 Å². The maximum atomic E-state index is 11.8. The number of aromatic nitrogens is 1. The lowest BCUT2D eigenvalue weighted by Gasteiger charge is -2.15. The zero-order valence-corrected chi connectivity index (χ0v) is 17.5. The molecular weight excluding hydrogens is 441 g/mol. The fraction of sp³-hybridized carbons (Fsp3) is 0.316. The number of aliphatic imine (C=N–C) groups is 1. The number of likely N-dealkylation sites (N-methyl/N-ethyl adjacent to an activating group) is 1. The number of hydrogen-bond acceptors (Lipinski definition) is 3. The van der Waals surface area contributed by atoms with Crippen molar-refractivity contribution in [1.29, 1.82) is 0 Å². The topological polar surface area (TPSA) is 69.6 Å². The molecule has 140 valence electrons. The summed E-state index contributed by atoms with van der Waals surface area (Å²) in [7, 11) is 3.47. The van der Waals surface area contributed by atoms with Gasteiger partial charge in [-0.25, -0.2) is 4.99 Å². The maximum Gasteiger partial charge on any atom is 0.241 e. The average molecular weight is 467 g/mol. The number of carbonyl (C=O) groups excluding carboxylic acids is 1. The molecule has 0 aliphatic heterocycles. The Morgan fingerprint density at radius 2 is 1.81 bits per heavy atom. The molecule has 2 N–H and O–H groups in total. The summed E-state index contributed by atoms with van der Waals surface area (Å²) >= 11 is 0. The van der Waals surface area contributed by atoms with Crippen molar-refractivity contribution in [2.75, 3.05) is 27.2 Å². The molecule has 26 heavy (non-hydrogen) atoms. The Kier molecular flexibility index (Phi) is 10.3. The van der Waals surface area contributed by atoms with E-state index in [-0.39, 0.29) is 36.4 Å². The van der Waals surface area contributed by atoms with Crippen molar-refractivity contribution in [2.24, 2.45) is 4.99 Å². The largest absolute Gasteiger partial charge is 0.356 e. The van der Waals surface area contributed by atoms with E-state index in [0.29, 0.717) is 19.0 Å². The predicted molar refractivity (Wildman–Crippen MR) is 116 cm³/mol. The summed E-state index contributed by atoms with van der Waals surface area (Å²) in [6, 6.07) is 15.9. The highest BCUT2D eigenvalue weighted by molar-refractivity contribution is 14.0. The number of amides is 1. The number of pyridine rings is 1. The fourth-order valence-corrected chi connectivity index (χ4v) is 2.10. The van der Waals surface area contributed by atoms with Crippen LogP contribution in [0, 0.1) is 0 Å². The predicted octanol–water partition coefficient (Wildman–Crippen LogP) is 2.07. The maximum absolute atomic E-state index is 11.8. The lowest BCUT2D eigenvalue weighted by molar-refractivity contribution is -0.127. The molecular formula is C19H26IN5O. The first-order chi connectivity index (χ1) is 12.1. The monoisotopic (exact) mass is 467 g/mol. The first kappa shape index (κ1) is 21.9. The second-order valence-electron chi connectivity index (χ2n) is 5.79. The zero-order chi connectivity index (χ0) is 17.9. The van der Waals surface area contributed by atoms with Gasteiger partial charge in [-0.15, -0.1) is 24.0 Å². The Hall–Kier alpha value is -2.16. The summed E-state index contributed by atoms with van der Waals surface area (Å²) in [5, 5.41) is 6.35. The van der Waals surface area contributed by atoms with Crippen LogP contribution in [-0.4, -0.2) is 48.9 Å². The second kappa shape index (κ2) is 12.2. The quantitative estimate of drug-likeness (QED) is 0.372. The Morgan fingerprint density at radius 3 is 2.46 bits per heavy atom. The van der Waals surface area contributed by atoms with E-state index in [2.05, 4.69) is 20.6 Å². The molecule has 1 aromatic carbocycles. The highest BCUT2D eigenvalue weighted by atomic mass is 127. The summed E-state index contributed by atoms with van der Waals surface area (Å²) in [5.41, 5.74) is 2.13. The van der Waals surface area contributed by atoms with Gasteiger partial charge in [-0.05, 0) is 17.7 Å². The minimum atomic E-state index is -0.000984. The summed E-state index contributed by atoms with van der Waals surface area (Å²) < 4.78 is 0. The van der Waals surface area contributed by atoms with Crippen molar-refractivity contribution in [2.45, 2.75) is 13.0 Å². The van der Waals surface area contributed by atoms with Crippen molar-refractivity contribution >= 4 is 35.8 Å². The van der Waals surface area contributed by atoms with Gasteiger partial charge >= 0.3 is 0 Å². The molecule has 7 heteroatoms. The van der Waals surface area contributed by atoms with Gasteiger partial charge in [0.05, 0.1) is 13.1 Å². The molecule has 1 heterocycles. The van der Waals surface area contributed by atoms with E-state index in [4.69, 9.17) is 0 Å². The van der Waals surface area contributed by atoms with Gasteiger partial charge < -0.3 is 15.5 Å². The molecule has 1 aromatic heterocycles. The highest BCUT2D eigenvalue weighted by Crippen LogP contribution is 2.00. The van der Waals surface area contributed by atoms with Crippen molar-refractivity contribution < 1.29 is 4.79 Å². The van der Waals surface area contributed by atoms with E-state index >= 15 is 0 Å². The van der Waals surface area contributed by atoms with Crippen LogP contribution >= 0.6 is 24.0 Å². The van der Waals surface area contributed by atoms with E-state index < -0.39 is 0 Å². The van der Waals surface area contributed by atoms with Crippen LogP contribution in [0.2, 0.25) is 0 Å². The van der Waals surface area contributed by atoms with E-state index in [9.17, 15) is 4.79 Å². The van der Waals surface area contributed by atoms with Crippen LogP contribution < -0.4 is 10.6 Å². The number of carbonyl (C=O) groups is 1. The van der Waals surface area contributed by atoms with Gasteiger partial charge in [0, 0.05) is 39.0 Å². The molecule has 0 saturated heterocycles. The van der Waals surface area contributed by atoms with Gasteiger partial charge in [0.2, 0.25) is 5.91 Å². The first-order valence-electron chi connectivity index (χ1n) is 8.31. The molecule has 0 aliphatic rings. The van der Waals surface area contributed by atoms with Crippen molar-refractivity contribution in [3.8, 4) is 0 Å². The third-order valence-electron chi connectivity index (χ3n) is 3.57. The number of rotatable bonds is 7. The molecule has 2 aromatic rings. The highest BCUT2D eigenvalue weighted by Gasteiger charge is 2.06. The molecule has 0 saturated carbocycles. The van der Waals surface area contributed by atoms with Gasteiger partial charge in [-0.2, -0.15) is 0 Å². The average Bonchev–Trinajstić information content (AvgIpc) is 2.64. The van der Waals surface area contributed by atoms with Crippen LogP contribution in [-0.2, 0) is 17.8 Å². The van der Waals surface area contributed by atoms with E-state index in [1.54, 1.807) is 25.2 Å². The van der Waals surface area contributed by atoms with Gasteiger partial charge in [0.1, 0.15) is 0 Å². The summed E-state index contributed by atoms with van der Waals surface area (Å²) in [4.78, 5) is 22.2. The van der Waals surface area contributed by atoms with Gasteiger partial charge in [-0.1, -0.05) is 36.4 Å². The minimum Gasteiger partial charge on any atom is -0.356 e. The number of nitrogens with zero attached hydrogens (tertiary/aromatic N) is 3. The molecule has 0 radical (unpaired) electrons. The Morgan fingerprint density at radius 1 is 1.08 bits per heavy atom. The number of guanidine groups is 1. The van der Waals surface area contributed by atoms with Crippen molar-refractivity contribution in [3.63, 3.8) is 0 Å². The molecule has 0 unspecified atom stereocenters. The smallest absolute Gasteiger partial charge is 0.241 e. The number of benzene rings is 1. The molecule has 0 bridgehead atoms. The number of nitrogens with one attached hydrogen (secondary N) is 2. The van der Waals surface area contributed by atoms with E-state index in [1.807, 2.05) is 48.5 Å². The molecule has 0 spiro atoms. The summed E-state index contributed by atoms with van der Waals surface area (Å²) in [6.07, 6.45) is 2.57.